The molecular weight excluding hydrogens is 399 g/mol. The van der Waals surface area contributed by atoms with Crippen LogP contribution in [0.3, 0.4) is 0 Å². The van der Waals surface area contributed by atoms with Gasteiger partial charge in [-0.3, -0.25) is 0 Å². The Morgan fingerprint density at radius 2 is 0.913 bits per heavy atom. The number of carbonyl (C=O) groups excluding carboxylic acids is 2. The number of carboxylic acids is 2. The van der Waals surface area contributed by atoms with Gasteiger partial charge in [-0.15, -0.1) is 0 Å². The number of carbonyl (C=O) groups is 2. The van der Waals surface area contributed by atoms with E-state index in [1.165, 1.54) is 0 Å². The number of unbranched alkanes of at least 4 members (excludes halogenated alkanes) is 2. The molecule has 2 radical (unpaired) electrons. The SMILES string of the molecule is CC(C)(C)CCCCC(=O)[O-].CC(C)(C)CCCCC(=O)[O-].[Sn+2]. The number of hydrogen-bond acceptors (Lipinski definition) is 4. The van der Waals surface area contributed by atoms with Crippen molar-refractivity contribution in [2.24, 2.45) is 10.8 Å². The third-order valence-electron chi connectivity index (χ3n) is 3.12. The summed E-state index contributed by atoms with van der Waals surface area (Å²) in [5.74, 6) is -1.86. The van der Waals surface area contributed by atoms with Gasteiger partial charge in [0.25, 0.3) is 0 Å². The topological polar surface area (TPSA) is 80.3 Å². The molecule has 0 aliphatic heterocycles. The first-order valence-corrected chi connectivity index (χ1v) is 8.23. The molecule has 0 amide bonds. The van der Waals surface area contributed by atoms with Crippen LogP contribution in [0.4, 0.5) is 0 Å². The van der Waals surface area contributed by atoms with E-state index in [1.807, 2.05) is 0 Å². The Kier molecular flexibility index (Phi) is 16.9. The number of rotatable bonds is 8. The minimum Gasteiger partial charge on any atom is -0.550 e. The van der Waals surface area contributed by atoms with E-state index in [4.69, 9.17) is 0 Å². The molecule has 23 heavy (non-hydrogen) atoms. The smallest absolute Gasteiger partial charge is 0.550 e. The van der Waals surface area contributed by atoms with Crippen molar-refractivity contribution in [3.05, 3.63) is 0 Å². The normalized spacial score (nSPS) is 11.0. The van der Waals surface area contributed by atoms with Crippen LogP contribution in [-0.2, 0) is 9.59 Å². The molecule has 0 rings (SSSR count). The number of carboxylic acid groups (broad SMARTS) is 2. The molecule has 0 aliphatic carbocycles. The minimum atomic E-state index is -0.932. The van der Waals surface area contributed by atoms with Crippen LogP contribution in [-0.4, -0.2) is 35.8 Å². The Balaban J connectivity index is -0.000000333. The van der Waals surface area contributed by atoms with Gasteiger partial charge >= 0.3 is 23.9 Å². The number of hydrogen-bond donors (Lipinski definition) is 0. The standard InChI is InChI=1S/2C9H18O2.Sn/c2*1-9(2,3)7-5-4-6-8(10)11;/h2*4-7H2,1-3H3,(H,10,11);/q;;+2/p-2. The average Bonchev–Trinajstić information content (AvgIpc) is 2.28. The number of aliphatic carboxylic acids is 2. The molecule has 0 aromatic heterocycles. The van der Waals surface area contributed by atoms with Crippen molar-refractivity contribution in [3.63, 3.8) is 0 Å². The minimum absolute atomic E-state index is 0. The molecule has 5 heteroatoms. The van der Waals surface area contributed by atoms with E-state index >= 15 is 0 Å². The quantitative estimate of drug-likeness (QED) is 0.435. The maximum Gasteiger partial charge on any atom is 2.00 e. The van der Waals surface area contributed by atoms with Gasteiger partial charge in [0.05, 0.1) is 0 Å². The second-order valence-corrected chi connectivity index (χ2v) is 8.28. The fraction of sp³-hybridized carbons (Fsp3) is 0.889. The molecule has 0 fully saturated rings. The molecule has 4 nitrogen and oxygen atoms in total. The van der Waals surface area contributed by atoms with Crippen LogP contribution in [0.1, 0.15) is 92.9 Å². The fourth-order valence-electron chi connectivity index (χ4n) is 1.85. The molecule has 0 aromatic rings. The molecule has 0 bridgehead atoms. The van der Waals surface area contributed by atoms with Gasteiger partial charge in [0.1, 0.15) is 0 Å². The van der Waals surface area contributed by atoms with Gasteiger partial charge in [-0.25, -0.2) is 0 Å². The molecule has 0 heterocycles. The van der Waals surface area contributed by atoms with Crippen molar-refractivity contribution in [2.45, 2.75) is 92.9 Å². The van der Waals surface area contributed by atoms with Crippen LogP contribution in [0.15, 0.2) is 0 Å². The third-order valence-corrected chi connectivity index (χ3v) is 3.12. The average molecular weight is 433 g/mol. The fourth-order valence-corrected chi connectivity index (χ4v) is 1.85. The van der Waals surface area contributed by atoms with E-state index in [0.29, 0.717) is 10.8 Å². The maximum atomic E-state index is 10.0. The van der Waals surface area contributed by atoms with Crippen LogP contribution in [0, 0.1) is 10.8 Å². The summed E-state index contributed by atoms with van der Waals surface area (Å²) >= 11 is 0. The van der Waals surface area contributed by atoms with Gasteiger partial charge in [-0.1, -0.05) is 54.4 Å². The van der Waals surface area contributed by atoms with Crippen LogP contribution in [0.2, 0.25) is 0 Å². The summed E-state index contributed by atoms with van der Waals surface area (Å²) in [5, 5.41) is 20.0. The van der Waals surface area contributed by atoms with Crippen molar-refractivity contribution >= 4 is 35.8 Å². The van der Waals surface area contributed by atoms with Gasteiger partial charge in [0, 0.05) is 11.9 Å². The van der Waals surface area contributed by atoms with E-state index in [1.54, 1.807) is 0 Å². The molecule has 0 unspecified atom stereocenters. The van der Waals surface area contributed by atoms with Crippen LogP contribution >= 0.6 is 0 Å². The Morgan fingerprint density at radius 3 is 1.09 bits per heavy atom. The molecule has 134 valence electrons. The van der Waals surface area contributed by atoms with Gasteiger partial charge in [0.15, 0.2) is 0 Å². The summed E-state index contributed by atoms with van der Waals surface area (Å²) in [6.45, 7) is 13.0. The predicted molar refractivity (Wildman–Crippen MR) is 91.6 cm³/mol. The summed E-state index contributed by atoms with van der Waals surface area (Å²) < 4.78 is 0. The van der Waals surface area contributed by atoms with Crippen molar-refractivity contribution in [3.8, 4) is 0 Å². The van der Waals surface area contributed by atoms with Gasteiger partial charge in [-0.05, 0) is 49.4 Å². The molecule has 0 N–H and O–H groups in total. The molecule has 0 aromatic carbocycles. The van der Waals surface area contributed by atoms with Crippen molar-refractivity contribution in [1.82, 2.24) is 0 Å². The Morgan fingerprint density at radius 1 is 0.652 bits per heavy atom. The predicted octanol–water partition coefficient (Wildman–Crippen LogP) is 2.30. The van der Waals surface area contributed by atoms with E-state index < -0.39 is 11.9 Å². The third kappa shape index (κ3) is 34.2. The molecular formula is C18H34O4Sn. The van der Waals surface area contributed by atoms with E-state index in [0.717, 1.165) is 38.5 Å². The van der Waals surface area contributed by atoms with Crippen LogP contribution < -0.4 is 10.2 Å². The summed E-state index contributed by atoms with van der Waals surface area (Å²) in [7, 11) is 0. The van der Waals surface area contributed by atoms with Gasteiger partial charge < -0.3 is 19.8 Å². The first-order valence-electron chi connectivity index (χ1n) is 8.23. The zero-order valence-corrected chi connectivity index (χ0v) is 18.6. The molecule has 0 saturated carbocycles. The summed E-state index contributed by atoms with van der Waals surface area (Å²) in [6, 6.07) is 0. The van der Waals surface area contributed by atoms with Crippen LogP contribution in [0.5, 0.6) is 0 Å². The second-order valence-electron chi connectivity index (χ2n) is 8.28. The summed E-state index contributed by atoms with van der Waals surface area (Å²) in [6.07, 6.45) is 6.04. The largest absolute Gasteiger partial charge is 2.00 e. The zero-order valence-electron chi connectivity index (χ0n) is 15.8. The summed E-state index contributed by atoms with van der Waals surface area (Å²) in [5.41, 5.74) is 0.651. The monoisotopic (exact) mass is 434 g/mol. The first kappa shape index (κ1) is 27.6. The van der Waals surface area contributed by atoms with Crippen molar-refractivity contribution in [2.75, 3.05) is 0 Å². The van der Waals surface area contributed by atoms with Gasteiger partial charge in [0.2, 0.25) is 0 Å². The molecule has 0 aliphatic rings. The van der Waals surface area contributed by atoms with E-state index in [2.05, 4.69) is 41.5 Å². The Bertz CT molecular complexity index is 282. The first-order chi connectivity index (χ1) is 9.83. The van der Waals surface area contributed by atoms with Crippen LogP contribution in [0.25, 0.3) is 0 Å². The molecule has 0 spiro atoms. The maximum absolute atomic E-state index is 10.0. The van der Waals surface area contributed by atoms with E-state index in [-0.39, 0.29) is 36.7 Å². The Labute approximate surface area is 159 Å². The second kappa shape index (κ2) is 14.1. The van der Waals surface area contributed by atoms with Crippen molar-refractivity contribution < 1.29 is 19.8 Å². The zero-order chi connectivity index (χ0) is 17.8. The molecule has 0 saturated heterocycles. The van der Waals surface area contributed by atoms with Crippen molar-refractivity contribution in [1.29, 1.82) is 0 Å². The molecule has 0 atom stereocenters. The summed E-state index contributed by atoms with van der Waals surface area (Å²) in [4.78, 5) is 20.0. The Hall–Kier alpha value is -0.261. The van der Waals surface area contributed by atoms with Gasteiger partial charge in [-0.2, -0.15) is 0 Å². The van der Waals surface area contributed by atoms with E-state index in [9.17, 15) is 19.8 Å².